The highest BCUT2D eigenvalue weighted by molar-refractivity contribution is 6.32. The van der Waals surface area contributed by atoms with E-state index < -0.39 is 12.0 Å². The first-order valence-electron chi connectivity index (χ1n) is 6.56. The third kappa shape index (κ3) is 3.00. The largest absolute Gasteiger partial charge is 0.453 e. The molecule has 0 saturated heterocycles. The van der Waals surface area contributed by atoms with Crippen LogP contribution in [0.4, 0.5) is 13.2 Å². The van der Waals surface area contributed by atoms with Gasteiger partial charge in [-0.1, -0.05) is 18.2 Å². The van der Waals surface area contributed by atoms with Crippen LogP contribution in [0.15, 0.2) is 31.0 Å². The number of nitrogens with zero attached hydrogens (tertiary/aromatic N) is 7. The van der Waals surface area contributed by atoms with Gasteiger partial charge in [-0.2, -0.15) is 18.3 Å². The van der Waals surface area contributed by atoms with Crippen LogP contribution in [0.2, 0.25) is 5.02 Å². The Balaban J connectivity index is 1.99. The minimum Gasteiger partial charge on any atom is -0.236 e. The maximum absolute atomic E-state index is 12.8. The zero-order valence-corrected chi connectivity index (χ0v) is 12.7. The van der Waals surface area contributed by atoms with Gasteiger partial charge in [0.2, 0.25) is 0 Å². The van der Waals surface area contributed by atoms with Crippen LogP contribution in [-0.4, -0.2) is 35.0 Å². The van der Waals surface area contributed by atoms with E-state index in [-0.39, 0.29) is 6.54 Å². The summed E-state index contributed by atoms with van der Waals surface area (Å²) in [4.78, 5) is 4.12. The molecule has 0 aliphatic rings. The normalized spacial score (nSPS) is 11.7. The third-order valence-corrected chi connectivity index (χ3v) is 3.33. The molecule has 0 N–H and O–H groups in total. The molecular weight excluding hydrogens is 347 g/mol. The second kappa shape index (κ2) is 6.04. The van der Waals surface area contributed by atoms with E-state index in [9.17, 15) is 13.2 Å². The van der Waals surface area contributed by atoms with Crippen molar-refractivity contribution < 1.29 is 13.2 Å². The summed E-state index contributed by atoms with van der Waals surface area (Å²) in [6.45, 7) is 3.39. The average Bonchev–Trinajstić information content (AvgIpc) is 3.14. The van der Waals surface area contributed by atoms with Crippen LogP contribution >= 0.6 is 11.6 Å². The van der Waals surface area contributed by atoms with Crippen LogP contribution in [0.3, 0.4) is 0 Å². The van der Waals surface area contributed by atoms with Gasteiger partial charge in [0.25, 0.3) is 5.82 Å². The number of pyridine rings is 1. The summed E-state index contributed by atoms with van der Waals surface area (Å²) < 4.78 is 40.5. The fraction of sp³-hybridized carbons (Fsp3) is 0.154. The first-order chi connectivity index (χ1) is 11.4. The van der Waals surface area contributed by atoms with E-state index >= 15 is 0 Å². The number of rotatable bonds is 4. The molecular formula is C13H9ClF3N7. The number of tetrazole rings is 1. The molecule has 24 heavy (non-hydrogen) atoms. The summed E-state index contributed by atoms with van der Waals surface area (Å²) in [5, 5.41) is 14.0. The number of aromatic nitrogens is 7. The lowest BCUT2D eigenvalue weighted by Gasteiger charge is -2.06. The first kappa shape index (κ1) is 16.1. The Labute approximate surface area is 138 Å². The number of halogens is 4. The highest BCUT2D eigenvalue weighted by Gasteiger charge is 2.38. The molecule has 0 unspecified atom stereocenters. The lowest BCUT2D eigenvalue weighted by atomic mass is 10.3. The summed E-state index contributed by atoms with van der Waals surface area (Å²) in [6, 6.07) is 4.83. The Morgan fingerprint density at radius 2 is 2.12 bits per heavy atom. The first-order valence-corrected chi connectivity index (χ1v) is 6.93. The van der Waals surface area contributed by atoms with Gasteiger partial charge in [0.15, 0.2) is 5.82 Å². The van der Waals surface area contributed by atoms with E-state index in [1.54, 1.807) is 18.2 Å². The Hall–Kier alpha value is -2.75. The molecule has 0 aliphatic heterocycles. The predicted octanol–water partition coefficient (Wildman–Crippen LogP) is 2.62. The summed E-state index contributed by atoms with van der Waals surface area (Å²) in [6.07, 6.45) is -1.64. The van der Waals surface area contributed by atoms with Crippen LogP contribution in [0.1, 0.15) is 17.2 Å². The molecule has 11 heteroatoms. The number of alkyl halides is 3. The molecule has 0 saturated carbocycles. The zero-order valence-electron chi connectivity index (χ0n) is 11.9. The van der Waals surface area contributed by atoms with Crippen molar-refractivity contribution in [1.82, 2.24) is 35.0 Å². The summed E-state index contributed by atoms with van der Waals surface area (Å²) in [7, 11) is 0. The Kier molecular flexibility index (Phi) is 4.06. The fourth-order valence-corrected chi connectivity index (χ4v) is 2.24. The Morgan fingerprint density at radius 3 is 2.79 bits per heavy atom. The summed E-state index contributed by atoms with van der Waals surface area (Å²) in [5.74, 6) is -0.860. The van der Waals surface area contributed by atoms with Gasteiger partial charge < -0.3 is 0 Å². The molecule has 0 aliphatic carbocycles. The minimum absolute atomic E-state index is 0.264. The van der Waals surface area contributed by atoms with Crippen molar-refractivity contribution in [2.24, 2.45) is 0 Å². The molecule has 124 valence electrons. The lowest BCUT2D eigenvalue weighted by molar-refractivity contribution is -0.147. The van der Waals surface area contributed by atoms with E-state index in [1.807, 2.05) is 0 Å². The monoisotopic (exact) mass is 355 g/mol. The minimum atomic E-state index is -4.66. The topological polar surface area (TPSA) is 74.3 Å². The molecule has 0 radical (unpaired) electrons. The molecule has 0 atom stereocenters. The maximum atomic E-state index is 12.8. The van der Waals surface area contributed by atoms with Gasteiger partial charge in [-0.25, -0.2) is 14.3 Å². The third-order valence-electron chi connectivity index (χ3n) is 3.03. The standard InChI is InChI=1S/C13H9ClF3N7/c1-2-9-6-8(7-23-12(13(15,16)17)19-21-22-23)20-24(9)11-10(14)4-3-5-18-11/h2-6H,1,7H2. The smallest absolute Gasteiger partial charge is 0.236 e. The van der Waals surface area contributed by atoms with Crippen molar-refractivity contribution in [2.45, 2.75) is 12.7 Å². The van der Waals surface area contributed by atoms with E-state index in [1.165, 1.54) is 17.0 Å². The summed E-state index contributed by atoms with van der Waals surface area (Å²) in [5.41, 5.74) is 0.816. The van der Waals surface area contributed by atoms with Crippen LogP contribution < -0.4 is 0 Å². The Bertz CT molecular complexity index is 884. The fourth-order valence-electron chi connectivity index (χ4n) is 2.04. The van der Waals surface area contributed by atoms with E-state index in [0.717, 1.165) is 0 Å². The van der Waals surface area contributed by atoms with Gasteiger partial charge in [-0.15, -0.1) is 5.10 Å². The lowest BCUT2D eigenvalue weighted by Crippen LogP contribution is -2.17. The second-order valence-electron chi connectivity index (χ2n) is 4.64. The number of hydrogen-bond donors (Lipinski definition) is 0. The van der Waals surface area contributed by atoms with Crippen LogP contribution in [0.25, 0.3) is 11.9 Å². The highest BCUT2D eigenvalue weighted by Crippen LogP contribution is 2.27. The maximum Gasteiger partial charge on any atom is 0.453 e. The van der Waals surface area contributed by atoms with E-state index in [2.05, 4.69) is 32.2 Å². The molecule has 0 bridgehead atoms. The summed E-state index contributed by atoms with van der Waals surface area (Å²) >= 11 is 6.08. The molecule has 3 rings (SSSR count). The molecule has 3 aromatic heterocycles. The molecule has 0 amide bonds. The molecule has 0 aromatic carbocycles. The van der Waals surface area contributed by atoms with E-state index in [0.29, 0.717) is 26.9 Å². The quantitative estimate of drug-likeness (QED) is 0.719. The van der Waals surface area contributed by atoms with Gasteiger partial charge in [0.05, 0.1) is 23.0 Å². The average molecular weight is 356 g/mol. The van der Waals surface area contributed by atoms with Crippen molar-refractivity contribution in [2.75, 3.05) is 0 Å². The Morgan fingerprint density at radius 1 is 1.33 bits per heavy atom. The second-order valence-corrected chi connectivity index (χ2v) is 5.05. The van der Waals surface area contributed by atoms with Crippen molar-refractivity contribution >= 4 is 17.7 Å². The predicted molar refractivity (Wildman–Crippen MR) is 78.4 cm³/mol. The van der Waals surface area contributed by atoms with Crippen molar-refractivity contribution in [3.8, 4) is 5.82 Å². The van der Waals surface area contributed by atoms with Crippen LogP contribution in [0, 0.1) is 0 Å². The highest BCUT2D eigenvalue weighted by atomic mass is 35.5. The van der Waals surface area contributed by atoms with Crippen molar-refractivity contribution in [1.29, 1.82) is 0 Å². The molecule has 3 heterocycles. The van der Waals surface area contributed by atoms with Gasteiger partial charge in [0.1, 0.15) is 0 Å². The van der Waals surface area contributed by atoms with Gasteiger partial charge >= 0.3 is 6.18 Å². The SMILES string of the molecule is C=Cc1cc(Cn2nnnc2C(F)(F)F)nn1-c1ncccc1Cl. The molecule has 7 nitrogen and oxygen atoms in total. The van der Waals surface area contributed by atoms with E-state index in [4.69, 9.17) is 11.6 Å². The van der Waals surface area contributed by atoms with Crippen molar-refractivity contribution in [3.63, 3.8) is 0 Å². The zero-order chi connectivity index (χ0) is 17.3. The van der Waals surface area contributed by atoms with Gasteiger partial charge in [-0.05, 0) is 34.7 Å². The van der Waals surface area contributed by atoms with Gasteiger partial charge in [0, 0.05) is 6.20 Å². The molecule has 0 fully saturated rings. The molecule has 0 spiro atoms. The number of hydrogen-bond acceptors (Lipinski definition) is 5. The van der Waals surface area contributed by atoms with Crippen LogP contribution in [0.5, 0.6) is 0 Å². The molecule has 3 aromatic rings. The van der Waals surface area contributed by atoms with Gasteiger partial charge in [-0.3, -0.25) is 0 Å². The van der Waals surface area contributed by atoms with Crippen LogP contribution in [-0.2, 0) is 12.7 Å². The van der Waals surface area contributed by atoms with Crippen molar-refractivity contribution in [3.05, 3.63) is 53.2 Å².